The number of allylic oxidation sites excluding steroid dienone is 2. The van der Waals surface area contributed by atoms with Crippen LogP contribution in [0.25, 0.3) is 11.8 Å². The molecule has 2 aromatic rings. The van der Waals surface area contributed by atoms with E-state index in [9.17, 15) is 4.79 Å². The molecule has 1 aliphatic heterocycles. The highest BCUT2D eigenvalue weighted by molar-refractivity contribution is 5.92. The molecule has 1 atom stereocenters. The van der Waals surface area contributed by atoms with E-state index < -0.39 is 0 Å². The third-order valence-corrected chi connectivity index (χ3v) is 6.85. The molecule has 2 aliphatic rings. The third kappa shape index (κ3) is 4.51. The van der Waals surface area contributed by atoms with E-state index in [4.69, 9.17) is 4.52 Å². The predicted molar refractivity (Wildman–Crippen MR) is 127 cm³/mol. The lowest BCUT2D eigenvalue weighted by Crippen LogP contribution is -2.50. The molecule has 3 heterocycles. The average molecular weight is 436 g/mol. The number of nitrogens with zero attached hydrogens (tertiary/aromatic N) is 3. The molecule has 0 bridgehead atoms. The fourth-order valence-electron chi connectivity index (χ4n) is 5.03. The SMILES string of the molecule is C=CCCC=c1[nH]ccc1=C(C=CC)[N+]1(C)CCN(C(=O)c2cc(C)on2)CC2(CC2)C1. The Kier molecular flexibility index (Phi) is 6.24. The number of nitrogens with one attached hydrogen (secondary N) is 1. The molecule has 4 rings (SSSR count). The Morgan fingerprint density at radius 3 is 2.88 bits per heavy atom. The number of quaternary nitrogens is 1. The first-order valence-electron chi connectivity index (χ1n) is 11.6. The zero-order valence-electron chi connectivity index (χ0n) is 19.6. The van der Waals surface area contributed by atoms with E-state index in [1.807, 2.05) is 24.1 Å². The topological polar surface area (TPSA) is 62.1 Å². The normalized spacial score (nSPS) is 24.1. The van der Waals surface area contributed by atoms with E-state index in [1.165, 1.54) is 16.3 Å². The number of hydrogen-bond acceptors (Lipinski definition) is 3. The molecule has 170 valence electrons. The molecule has 1 spiro atoms. The van der Waals surface area contributed by atoms with Crippen LogP contribution >= 0.6 is 0 Å². The lowest BCUT2D eigenvalue weighted by Gasteiger charge is -2.35. The summed E-state index contributed by atoms with van der Waals surface area (Å²) in [5.41, 5.74) is 1.89. The summed E-state index contributed by atoms with van der Waals surface area (Å²) in [6, 6.07) is 3.92. The maximum Gasteiger partial charge on any atom is 0.276 e. The van der Waals surface area contributed by atoms with Crippen molar-refractivity contribution in [2.24, 2.45) is 5.41 Å². The number of likely N-dealkylation sites (N-methyl/N-ethyl adjacent to an activating group) is 1. The smallest absolute Gasteiger partial charge is 0.276 e. The van der Waals surface area contributed by atoms with Crippen LogP contribution in [-0.4, -0.2) is 58.7 Å². The van der Waals surface area contributed by atoms with Crippen molar-refractivity contribution >= 4 is 17.7 Å². The minimum Gasteiger partial charge on any atom is -0.361 e. The Balaban J connectivity index is 1.71. The molecule has 0 radical (unpaired) electrons. The van der Waals surface area contributed by atoms with Crippen molar-refractivity contribution in [2.45, 2.75) is 39.5 Å². The van der Waals surface area contributed by atoms with Crippen LogP contribution in [0.2, 0.25) is 0 Å². The second kappa shape index (κ2) is 8.94. The van der Waals surface area contributed by atoms with Crippen LogP contribution in [0.4, 0.5) is 0 Å². The van der Waals surface area contributed by atoms with E-state index in [-0.39, 0.29) is 11.3 Å². The lowest BCUT2D eigenvalue weighted by atomic mass is 10.0. The standard InChI is InChI=1S/C26H35N4O2/c1-5-7-8-10-22-21(11-14-27-22)24(9-6-2)30(4)16-15-29(18-26(19-30)12-13-26)25(31)23-17-20(3)32-28-23/h5-6,9-11,14,17,27H,1,7-8,12-13,15-16,18-19H2,2-4H3/q+1. The molecular formula is C26H35N4O2+. The van der Waals surface area contributed by atoms with Crippen LogP contribution in [-0.2, 0) is 0 Å². The highest BCUT2D eigenvalue weighted by atomic mass is 16.5. The van der Waals surface area contributed by atoms with Gasteiger partial charge < -0.3 is 14.4 Å². The fourth-order valence-corrected chi connectivity index (χ4v) is 5.03. The van der Waals surface area contributed by atoms with Gasteiger partial charge in [-0.1, -0.05) is 23.4 Å². The van der Waals surface area contributed by atoms with Crippen molar-refractivity contribution in [3.63, 3.8) is 0 Å². The highest BCUT2D eigenvalue weighted by Crippen LogP contribution is 2.50. The molecule has 1 aliphatic carbocycles. The molecule has 1 unspecified atom stereocenters. The number of carbonyl (C=O) groups is 1. The average Bonchev–Trinajstić information content (AvgIpc) is 3.17. The summed E-state index contributed by atoms with van der Waals surface area (Å²) in [5, 5.41) is 6.39. The second-order valence-electron chi connectivity index (χ2n) is 9.59. The number of aromatic amines is 1. The molecule has 2 fully saturated rings. The largest absolute Gasteiger partial charge is 0.361 e. The first-order chi connectivity index (χ1) is 15.4. The van der Waals surface area contributed by atoms with Crippen molar-refractivity contribution in [3.05, 3.63) is 65.2 Å². The van der Waals surface area contributed by atoms with Crippen molar-refractivity contribution < 1.29 is 13.8 Å². The molecule has 1 saturated heterocycles. The van der Waals surface area contributed by atoms with Gasteiger partial charge in [0.25, 0.3) is 5.91 Å². The van der Waals surface area contributed by atoms with E-state index >= 15 is 0 Å². The Morgan fingerprint density at radius 1 is 1.41 bits per heavy atom. The molecule has 6 nitrogen and oxygen atoms in total. The van der Waals surface area contributed by atoms with E-state index in [2.05, 4.69) is 55.0 Å². The van der Waals surface area contributed by atoms with Crippen LogP contribution in [0.1, 0.15) is 48.9 Å². The first-order valence-corrected chi connectivity index (χ1v) is 11.6. The summed E-state index contributed by atoms with van der Waals surface area (Å²) >= 11 is 0. The Bertz CT molecular complexity index is 1130. The van der Waals surface area contributed by atoms with Gasteiger partial charge in [-0.15, -0.1) is 6.58 Å². The second-order valence-corrected chi connectivity index (χ2v) is 9.59. The minimum atomic E-state index is -0.0192. The van der Waals surface area contributed by atoms with Gasteiger partial charge in [0.15, 0.2) is 5.69 Å². The third-order valence-electron chi connectivity index (χ3n) is 6.85. The molecule has 1 N–H and O–H groups in total. The van der Waals surface area contributed by atoms with Crippen LogP contribution in [0.5, 0.6) is 0 Å². The number of rotatable bonds is 6. The molecule has 0 aromatic carbocycles. The van der Waals surface area contributed by atoms with Gasteiger partial charge in [-0.2, -0.15) is 0 Å². The van der Waals surface area contributed by atoms with Crippen molar-refractivity contribution in [1.29, 1.82) is 0 Å². The van der Waals surface area contributed by atoms with Gasteiger partial charge in [0.2, 0.25) is 0 Å². The number of carbonyl (C=O) groups excluding carboxylic acids is 1. The molecule has 2 aromatic heterocycles. The van der Waals surface area contributed by atoms with Crippen LogP contribution in [0.3, 0.4) is 0 Å². The number of unbranched alkanes of at least 4 members (excludes halogenated alkanes) is 1. The number of aromatic nitrogens is 2. The molecule has 32 heavy (non-hydrogen) atoms. The molecule has 1 amide bonds. The predicted octanol–water partition coefficient (Wildman–Crippen LogP) is 3.12. The molecular weight excluding hydrogens is 400 g/mol. The lowest BCUT2D eigenvalue weighted by molar-refractivity contribution is -0.842. The maximum absolute atomic E-state index is 13.2. The summed E-state index contributed by atoms with van der Waals surface area (Å²) in [6.07, 6.45) is 14.9. The minimum absolute atomic E-state index is 0.0192. The van der Waals surface area contributed by atoms with Crippen LogP contribution in [0.15, 0.2) is 47.7 Å². The van der Waals surface area contributed by atoms with E-state index in [0.29, 0.717) is 18.0 Å². The van der Waals surface area contributed by atoms with E-state index in [0.717, 1.165) is 49.8 Å². The summed E-state index contributed by atoms with van der Waals surface area (Å²) in [6.45, 7) is 11.1. The van der Waals surface area contributed by atoms with Gasteiger partial charge in [0.1, 0.15) is 18.0 Å². The monoisotopic (exact) mass is 435 g/mol. The zero-order valence-corrected chi connectivity index (χ0v) is 19.6. The van der Waals surface area contributed by atoms with Gasteiger partial charge in [-0.25, -0.2) is 0 Å². The Morgan fingerprint density at radius 2 is 2.22 bits per heavy atom. The van der Waals surface area contributed by atoms with Gasteiger partial charge >= 0.3 is 0 Å². The first kappa shape index (κ1) is 22.3. The summed E-state index contributed by atoms with van der Waals surface area (Å²) in [4.78, 5) is 18.6. The summed E-state index contributed by atoms with van der Waals surface area (Å²) < 4.78 is 5.97. The van der Waals surface area contributed by atoms with Crippen molar-refractivity contribution in [2.75, 3.05) is 33.2 Å². The van der Waals surface area contributed by atoms with Crippen LogP contribution in [0, 0.1) is 12.3 Å². The summed E-state index contributed by atoms with van der Waals surface area (Å²) in [5.74, 6) is 0.649. The maximum atomic E-state index is 13.2. The fraction of sp³-hybridized carbons (Fsp3) is 0.462. The number of amides is 1. The zero-order chi connectivity index (χ0) is 22.8. The van der Waals surface area contributed by atoms with Gasteiger partial charge in [-0.05, 0) is 51.7 Å². The Labute approximate surface area is 190 Å². The van der Waals surface area contributed by atoms with Gasteiger partial charge in [0, 0.05) is 29.6 Å². The number of H-pyrrole nitrogens is 1. The number of aryl methyl sites for hydroxylation is 1. The molecule has 1 saturated carbocycles. The quantitative estimate of drug-likeness (QED) is 0.431. The van der Waals surface area contributed by atoms with E-state index in [1.54, 1.807) is 6.07 Å². The van der Waals surface area contributed by atoms with Crippen LogP contribution < -0.4 is 10.6 Å². The highest BCUT2D eigenvalue weighted by Gasteiger charge is 2.53. The Hall–Kier alpha value is -2.86. The van der Waals surface area contributed by atoms with Gasteiger partial charge in [-0.3, -0.25) is 9.28 Å². The molecule has 6 heteroatoms. The van der Waals surface area contributed by atoms with Gasteiger partial charge in [0.05, 0.1) is 25.4 Å². The summed E-state index contributed by atoms with van der Waals surface area (Å²) in [7, 11) is 2.32. The van der Waals surface area contributed by atoms with Crippen molar-refractivity contribution in [1.82, 2.24) is 15.0 Å². The van der Waals surface area contributed by atoms with Crippen molar-refractivity contribution in [3.8, 4) is 0 Å². The number of hydrogen-bond donors (Lipinski definition) is 1.